The zero-order chi connectivity index (χ0) is 39.0. The number of alkyl carbamates (subject to hydrolysis) is 1. The summed E-state index contributed by atoms with van der Waals surface area (Å²) in [6.45, 7) is 5.32. The maximum absolute atomic E-state index is 14.8. The summed E-state index contributed by atoms with van der Waals surface area (Å²) < 4.78 is 40.4. The van der Waals surface area contributed by atoms with Gasteiger partial charge < -0.3 is 30.1 Å². The number of hydrogen-bond acceptors (Lipinski definition) is 10. The van der Waals surface area contributed by atoms with E-state index in [0.29, 0.717) is 68.3 Å². The first kappa shape index (κ1) is 37.5. The van der Waals surface area contributed by atoms with Crippen LogP contribution in [0.4, 0.5) is 4.79 Å². The van der Waals surface area contributed by atoms with Crippen LogP contribution in [0.2, 0.25) is 0 Å². The number of nitrogens with one attached hydrogen (secondary N) is 3. The number of rotatable bonds is 5. The molecular weight excluding hydrogens is 727 g/mol. The van der Waals surface area contributed by atoms with E-state index in [1.807, 2.05) is 26.0 Å². The highest BCUT2D eigenvalue weighted by atomic mass is 32.2. The second-order valence-corrected chi connectivity index (χ2v) is 19.5. The highest BCUT2D eigenvalue weighted by molar-refractivity contribution is 7.91. The third-order valence-corrected chi connectivity index (χ3v) is 15.2. The first-order chi connectivity index (χ1) is 26.0. The fourth-order valence-electron chi connectivity index (χ4n) is 8.73. The summed E-state index contributed by atoms with van der Waals surface area (Å²) in [6.07, 6.45) is 10.6. The van der Waals surface area contributed by atoms with Crippen molar-refractivity contribution >= 4 is 44.7 Å². The molecule has 6 aliphatic rings. The molecule has 296 valence electrons. The van der Waals surface area contributed by atoms with Crippen molar-refractivity contribution in [3.8, 4) is 11.5 Å². The van der Waals surface area contributed by atoms with E-state index in [0.717, 1.165) is 36.6 Å². The molecule has 14 nitrogen and oxygen atoms in total. The van der Waals surface area contributed by atoms with Gasteiger partial charge in [-0.3, -0.25) is 19.1 Å². The number of sulfonamides is 1. The summed E-state index contributed by atoms with van der Waals surface area (Å²) >= 11 is 0. The Balaban J connectivity index is 1.14. The Morgan fingerprint density at radius 2 is 1.84 bits per heavy atom. The van der Waals surface area contributed by atoms with Crippen LogP contribution in [0.25, 0.3) is 10.9 Å². The fourth-order valence-corrected chi connectivity index (χ4v) is 10.0. The largest absolute Gasteiger partial charge is 0.508 e. The number of fused-ring (bicyclic) bond motifs is 5. The number of phenolic OH excluding ortho intramolecular Hbond substituents is 1. The molecule has 15 heteroatoms. The maximum atomic E-state index is 14.8. The van der Waals surface area contributed by atoms with Crippen LogP contribution >= 0.6 is 0 Å². The lowest BCUT2D eigenvalue weighted by Gasteiger charge is -2.48. The van der Waals surface area contributed by atoms with Crippen LogP contribution in [0, 0.1) is 12.8 Å². The van der Waals surface area contributed by atoms with Crippen molar-refractivity contribution in [2.75, 3.05) is 6.54 Å². The molecule has 3 aliphatic heterocycles. The highest BCUT2D eigenvalue weighted by Crippen LogP contribution is 2.47. The van der Waals surface area contributed by atoms with Crippen molar-refractivity contribution in [3.05, 3.63) is 41.6 Å². The lowest BCUT2D eigenvalue weighted by atomic mass is 9.65. The first-order valence-electron chi connectivity index (χ1n) is 19.7. The zero-order valence-electron chi connectivity index (χ0n) is 31.7. The monoisotopic (exact) mass is 777 g/mol. The number of nitrogens with zero attached hydrogens (tertiary/aromatic N) is 2. The van der Waals surface area contributed by atoms with Gasteiger partial charge >= 0.3 is 6.09 Å². The van der Waals surface area contributed by atoms with Gasteiger partial charge in [-0.25, -0.2) is 18.2 Å². The topological polar surface area (TPSA) is 193 Å². The van der Waals surface area contributed by atoms with E-state index in [-0.39, 0.29) is 25.1 Å². The van der Waals surface area contributed by atoms with Gasteiger partial charge in [0.2, 0.25) is 21.8 Å². The number of pyridine rings is 1. The van der Waals surface area contributed by atoms with Gasteiger partial charge in [0, 0.05) is 23.3 Å². The average molecular weight is 778 g/mol. The number of carbonyl (C=O) groups is 4. The van der Waals surface area contributed by atoms with Gasteiger partial charge in [0.05, 0.1) is 22.5 Å². The van der Waals surface area contributed by atoms with Gasteiger partial charge in [-0.1, -0.05) is 25.0 Å². The van der Waals surface area contributed by atoms with Crippen molar-refractivity contribution in [1.82, 2.24) is 25.2 Å². The van der Waals surface area contributed by atoms with E-state index in [1.165, 1.54) is 4.90 Å². The number of amides is 4. The Morgan fingerprint density at radius 1 is 1.05 bits per heavy atom. The summed E-state index contributed by atoms with van der Waals surface area (Å²) in [4.78, 5) is 63.0. The molecule has 3 aliphatic carbocycles. The normalized spacial score (nSPS) is 31.0. The van der Waals surface area contributed by atoms with Crippen molar-refractivity contribution in [3.63, 3.8) is 0 Å². The molecule has 1 aromatic heterocycles. The van der Waals surface area contributed by atoms with Gasteiger partial charge in [0.15, 0.2) is 0 Å². The molecule has 5 atom stereocenters. The van der Waals surface area contributed by atoms with Crippen LogP contribution in [-0.4, -0.2) is 87.3 Å². The third-order valence-electron chi connectivity index (χ3n) is 13.0. The fraction of sp³-hybridized carbons (Fsp3) is 0.625. The molecule has 0 bridgehead atoms. The quantitative estimate of drug-likeness (QED) is 0.318. The van der Waals surface area contributed by atoms with Crippen LogP contribution in [0.1, 0.15) is 109 Å². The Morgan fingerprint density at radius 3 is 2.55 bits per heavy atom. The molecule has 1 saturated heterocycles. The first-order valence-corrected chi connectivity index (χ1v) is 21.2. The molecule has 3 saturated carbocycles. The number of phenols is 1. The van der Waals surface area contributed by atoms with E-state index < -0.39 is 73.3 Å². The minimum absolute atomic E-state index is 0.0289. The Kier molecular flexibility index (Phi) is 9.12. The van der Waals surface area contributed by atoms with Crippen molar-refractivity contribution in [1.29, 1.82) is 0 Å². The molecule has 4 heterocycles. The van der Waals surface area contributed by atoms with E-state index in [1.54, 1.807) is 25.1 Å². The smallest absolute Gasteiger partial charge is 0.408 e. The maximum Gasteiger partial charge on any atom is 0.408 e. The van der Waals surface area contributed by atoms with Crippen molar-refractivity contribution in [2.45, 2.75) is 144 Å². The van der Waals surface area contributed by atoms with Crippen molar-refractivity contribution in [2.24, 2.45) is 5.92 Å². The Hall–Kier alpha value is -4.40. The van der Waals surface area contributed by atoms with Gasteiger partial charge in [0.25, 0.3) is 5.91 Å². The van der Waals surface area contributed by atoms with Gasteiger partial charge in [-0.2, -0.15) is 0 Å². The Labute approximate surface area is 321 Å². The van der Waals surface area contributed by atoms with Crippen LogP contribution in [0.15, 0.2) is 30.4 Å². The summed E-state index contributed by atoms with van der Waals surface area (Å²) in [6, 6.07) is 2.91. The standard InChI is InChI=1S/C40H51N5O9S/c1-24-32-27(28-21-26(46)11-12-29(28)41-24)14-15-39(53-32)22-31-33(47)43-40(35(49)44-55(51,52)38(3)19-20-38)16-13-25(40)9-7-5-4-6-8-10-30(34(48)45(31)23-39)42-36(50)54-37(2)17-18-37/h7,9,11-12,21,25,30-31,46H,4-6,8,10,13-20,22-23H2,1-3H3,(H,42,50)(H,43,47)(H,44,49). The molecular formula is C40H51N5O9S. The highest BCUT2D eigenvalue weighted by Gasteiger charge is 2.59. The molecule has 8 rings (SSSR count). The zero-order valence-corrected chi connectivity index (χ0v) is 32.6. The number of aromatic hydroxyl groups is 1. The van der Waals surface area contributed by atoms with Crippen molar-refractivity contribution < 1.29 is 42.2 Å². The third kappa shape index (κ3) is 6.90. The second-order valence-electron chi connectivity index (χ2n) is 17.3. The number of aromatic nitrogens is 1. The van der Waals surface area contributed by atoms with Gasteiger partial charge in [-0.05, 0) is 110 Å². The van der Waals surface area contributed by atoms with Gasteiger partial charge in [0.1, 0.15) is 40.3 Å². The number of hydrogen-bond donors (Lipinski definition) is 4. The molecule has 0 radical (unpaired) electrons. The molecule has 4 fully saturated rings. The molecule has 4 amide bonds. The van der Waals surface area contributed by atoms with Crippen LogP contribution < -0.4 is 20.1 Å². The number of benzene rings is 1. The van der Waals surface area contributed by atoms with E-state index in [2.05, 4.69) is 15.4 Å². The molecule has 1 aromatic carbocycles. The number of carbonyl (C=O) groups excluding carboxylic acids is 4. The lowest BCUT2D eigenvalue weighted by molar-refractivity contribution is -0.144. The van der Waals surface area contributed by atoms with Crippen LogP contribution in [0.3, 0.4) is 0 Å². The van der Waals surface area contributed by atoms with Crippen LogP contribution in [0.5, 0.6) is 11.5 Å². The molecule has 55 heavy (non-hydrogen) atoms. The number of aryl methyl sites for hydroxylation is 2. The molecule has 1 spiro atoms. The van der Waals surface area contributed by atoms with Gasteiger partial charge in [-0.15, -0.1) is 0 Å². The minimum atomic E-state index is -4.01. The summed E-state index contributed by atoms with van der Waals surface area (Å²) in [5.41, 5.74) is -0.891. The SMILES string of the molecule is Cc1nc2ccc(O)cc2c2c1OC1(CC2)CC2C(=O)NC3(C(=O)NS(=O)(=O)C4(C)CC4)CCC3C=CCCCCCC(NC(=O)OC3(C)CC3)C(=O)N2C1. The number of allylic oxidation sites excluding steroid dienone is 1. The lowest BCUT2D eigenvalue weighted by Crippen LogP contribution is -2.70. The second kappa shape index (κ2) is 13.4. The van der Waals surface area contributed by atoms with E-state index >= 15 is 0 Å². The van der Waals surface area contributed by atoms with E-state index in [4.69, 9.17) is 14.5 Å². The minimum Gasteiger partial charge on any atom is -0.508 e. The average Bonchev–Trinajstić information content (AvgIpc) is 4.03. The molecule has 5 unspecified atom stereocenters. The predicted octanol–water partition coefficient (Wildman–Crippen LogP) is 4.34. The molecule has 4 N–H and O–H groups in total. The summed E-state index contributed by atoms with van der Waals surface area (Å²) in [5.74, 6) is -1.64. The molecule has 2 aromatic rings. The Bertz CT molecular complexity index is 2100. The summed E-state index contributed by atoms with van der Waals surface area (Å²) in [7, 11) is -4.01. The summed E-state index contributed by atoms with van der Waals surface area (Å²) in [5, 5.41) is 16.9. The predicted molar refractivity (Wildman–Crippen MR) is 202 cm³/mol. The number of ether oxygens (including phenoxy) is 2. The van der Waals surface area contributed by atoms with E-state index in [9.17, 15) is 32.7 Å². The van der Waals surface area contributed by atoms with Crippen LogP contribution in [-0.2, 0) is 35.6 Å².